The second-order valence-corrected chi connectivity index (χ2v) is 5.29. The van der Waals surface area contributed by atoms with Gasteiger partial charge in [-0.05, 0) is 29.9 Å². The van der Waals surface area contributed by atoms with Gasteiger partial charge in [-0.2, -0.15) is 0 Å². The van der Waals surface area contributed by atoms with Crippen molar-refractivity contribution >= 4 is 11.7 Å². The Labute approximate surface area is 109 Å². The molecule has 0 aliphatic heterocycles. The third kappa shape index (κ3) is 5.21. The van der Waals surface area contributed by atoms with Gasteiger partial charge in [-0.3, -0.25) is 4.79 Å². The molecule has 0 radical (unpaired) electrons. The van der Waals surface area contributed by atoms with Crippen molar-refractivity contribution in [3.8, 4) is 0 Å². The van der Waals surface area contributed by atoms with E-state index in [-0.39, 0.29) is 12.4 Å². The van der Waals surface area contributed by atoms with Crippen molar-refractivity contribution in [3.63, 3.8) is 0 Å². The van der Waals surface area contributed by atoms with Crippen LogP contribution < -0.4 is 5.73 Å². The number of ether oxygens (including phenoxy) is 1. The molecule has 100 valence electrons. The predicted octanol–water partition coefficient (Wildman–Crippen LogP) is 3.04. The largest absolute Gasteiger partial charge is 0.465 e. The molecule has 0 saturated heterocycles. The number of hydrogen-bond acceptors (Lipinski definition) is 3. The molecule has 1 atom stereocenters. The summed E-state index contributed by atoms with van der Waals surface area (Å²) >= 11 is 0. The van der Waals surface area contributed by atoms with E-state index in [1.54, 1.807) is 6.07 Å². The summed E-state index contributed by atoms with van der Waals surface area (Å²) in [6.07, 6.45) is 1.32. The lowest BCUT2D eigenvalue weighted by Crippen LogP contribution is -2.15. The van der Waals surface area contributed by atoms with Crippen LogP contribution in [0.4, 0.5) is 5.69 Å². The number of benzene rings is 1. The molecule has 0 aliphatic rings. The smallest absolute Gasteiger partial charge is 0.310 e. The highest BCUT2D eigenvalue weighted by Crippen LogP contribution is 2.14. The molecule has 18 heavy (non-hydrogen) atoms. The maximum atomic E-state index is 11.7. The van der Waals surface area contributed by atoms with E-state index in [1.807, 2.05) is 18.2 Å². The van der Waals surface area contributed by atoms with Crippen molar-refractivity contribution in [3.05, 3.63) is 29.8 Å². The standard InChI is InChI=1S/C15H23NO2/c1-11(2)8-12(3)10-18-15(17)9-13-6-4-5-7-14(13)16/h4-7,11-12H,8-10,16H2,1-3H3. The maximum Gasteiger partial charge on any atom is 0.310 e. The van der Waals surface area contributed by atoms with Crippen LogP contribution in [0.5, 0.6) is 0 Å². The molecule has 0 aliphatic carbocycles. The van der Waals surface area contributed by atoms with E-state index in [9.17, 15) is 4.79 Å². The van der Waals surface area contributed by atoms with Gasteiger partial charge in [-0.25, -0.2) is 0 Å². The van der Waals surface area contributed by atoms with Crippen molar-refractivity contribution in [1.29, 1.82) is 0 Å². The van der Waals surface area contributed by atoms with Gasteiger partial charge in [0.2, 0.25) is 0 Å². The van der Waals surface area contributed by atoms with E-state index < -0.39 is 0 Å². The number of carbonyl (C=O) groups is 1. The first-order valence-electron chi connectivity index (χ1n) is 6.48. The Bertz CT molecular complexity index is 388. The fourth-order valence-corrected chi connectivity index (χ4v) is 2.01. The Balaban J connectivity index is 2.36. The zero-order valence-corrected chi connectivity index (χ0v) is 11.5. The van der Waals surface area contributed by atoms with Gasteiger partial charge in [0.25, 0.3) is 0 Å². The number of esters is 1. The van der Waals surface area contributed by atoms with Gasteiger partial charge >= 0.3 is 5.97 Å². The Kier molecular flexibility index (Phi) is 5.69. The summed E-state index contributed by atoms with van der Waals surface area (Å²) in [6, 6.07) is 7.38. The minimum absolute atomic E-state index is 0.205. The summed E-state index contributed by atoms with van der Waals surface area (Å²) < 4.78 is 5.27. The van der Waals surface area contributed by atoms with Gasteiger partial charge in [-0.1, -0.05) is 39.0 Å². The van der Waals surface area contributed by atoms with Crippen molar-refractivity contribution in [1.82, 2.24) is 0 Å². The molecule has 3 nitrogen and oxygen atoms in total. The summed E-state index contributed by atoms with van der Waals surface area (Å²) in [6.45, 7) is 6.93. The monoisotopic (exact) mass is 249 g/mol. The molecule has 0 bridgehead atoms. The minimum atomic E-state index is -0.205. The molecule has 0 fully saturated rings. The summed E-state index contributed by atoms with van der Waals surface area (Å²) in [5.74, 6) is 0.828. The van der Waals surface area contributed by atoms with Crippen LogP contribution in [0.2, 0.25) is 0 Å². The molecular formula is C15H23NO2. The van der Waals surface area contributed by atoms with Gasteiger partial charge in [0.15, 0.2) is 0 Å². The topological polar surface area (TPSA) is 52.3 Å². The maximum absolute atomic E-state index is 11.7. The number of nitrogen functional groups attached to an aromatic ring is 1. The highest BCUT2D eigenvalue weighted by Gasteiger charge is 2.10. The number of para-hydroxylation sites is 1. The van der Waals surface area contributed by atoms with Crippen LogP contribution in [-0.2, 0) is 16.0 Å². The van der Waals surface area contributed by atoms with E-state index in [1.165, 1.54) is 0 Å². The van der Waals surface area contributed by atoms with Crippen molar-refractivity contribution in [2.45, 2.75) is 33.6 Å². The third-order valence-corrected chi connectivity index (χ3v) is 2.79. The lowest BCUT2D eigenvalue weighted by molar-refractivity contribution is -0.144. The summed E-state index contributed by atoms with van der Waals surface area (Å²) in [5, 5.41) is 0. The second-order valence-electron chi connectivity index (χ2n) is 5.29. The molecule has 0 saturated carbocycles. The van der Waals surface area contributed by atoms with Gasteiger partial charge in [0.05, 0.1) is 13.0 Å². The van der Waals surface area contributed by atoms with Crippen molar-refractivity contribution in [2.75, 3.05) is 12.3 Å². The van der Waals surface area contributed by atoms with Gasteiger partial charge < -0.3 is 10.5 Å². The average molecular weight is 249 g/mol. The fraction of sp³-hybridized carbons (Fsp3) is 0.533. The van der Waals surface area contributed by atoms with E-state index in [2.05, 4.69) is 20.8 Å². The minimum Gasteiger partial charge on any atom is -0.465 e. The van der Waals surface area contributed by atoms with Gasteiger partial charge in [0, 0.05) is 5.69 Å². The SMILES string of the molecule is CC(C)CC(C)COC(=O)Cc1ccccc1N. The molecule has 0 aromatic heterocycles. The molecule has 0 spiro atoms. The lowest BCUT2D eigenvalue weighted by atomic mass is 10.00. The van der Waals surface area contributed by atoms with Crippen LogP contribution in [0.15, 0.2) is 24.3 Å². The summed E-state index contributed by atoms with van der Waals surface area (Å²) in [4.78, 5) is 11.7. The summed E-state index contributed by atoms with van der Waals surface area (Å²) in [5.41, 5.74) is 7.26. The molecular weight excluding hydrogens is 226 g/mol. The van der Waals surface area contributed by atoms with Crippen molar-refractivity contribution in [2.24, 2.45) is 11.8 Å². The molecule has 0 heterocycles. The number of rotatable bonds is 6. The van der Waals surface area contributed by atoms with Gasteiger partial charge in [-0.15, -0.1) is 0 Å². The first-order chi connectivity index (χ1) is 8.49. The normalized spacial score (nSPS) is 12.4. The molecule has 1 unspecified atom stereocenters. The molecule has 1 aromatic rings. The zero-order valence-electron chi connectivity index (χ0n) is 11.5. The highest BCUT2D eigenvalue weighted by atomic mass is 16.5. The number of anilines is 1. The molecule has 2 N–H and O–H groups in total. The third-order valence-electron chi connectivity index (χ3n) is 2.79. The lowest BCUT2D eigenvalue weighted by Gasteiger charge is -2.14. The van der Waals surface area contributed by atoms with Crippen LogP contribution in [0.1, 0.15) is 32.8 Å². The molecule has 0 amide bonds. The number of carbonyl (C=O) groups excluding carboxylic acids is 1. The van der Waals surface area contributed by atoms with Crippen LogP contribution in [0.25, 0.3) is 0 Å². The quantitative estimate of drug-likeness (QED) is 0.622. The first-order valence-corrected chi connectivity index (χ1v) is 6.48. The first kappa shape index (κ1) is 14.6. The number of hydrogen-bond donors (Lipinski definition) is 1. The summed E-state index contributed by atoms with van der Waals surface area (Å²) in [7, 11) is 0. The van der Waals surface area contributed by atoms with Crippen LogP contribution in [-0.4, -0.2) is 12.6 Å². The molecule has 1 rings (SSSR count). The zero-order chi connectivity index (χ0) is 13.5. The highest BCUT2D eigenvalue weighted by molar-refractivity contribution is 5.74. The van der Waals surface area contributed by atoms with E-state index in [0.29, 0.717) is 24.1 Å². The number of nitrogens with two attached hydrogens (primary N) is 1. The van der Waals surface area contributed by atoms with E-state index >= 15 is 0 Å². The Morgan fingerprint density at radius 1 is 1.28 bits per heavy atom. The predicted molar refractivity (Wildman–Crippen MR) is 74.1 cm³/mol. The average Bonchev–Trinajstić information content (AvgIpc) is 2.29. The fourth-order valence-electron chi connectivity index (χ4n) is 2.01. The second kappa shape index (κ2) is 7.04. The van der Waals surface area contributed by atoms with Crippen LogP contribution >= 0.6 is 0 Å². The Hall–Kier alpha value is -1.51. The van der Waals surface area contributed by atoms with Crippen LogP contribution in [0.3, 0.4) is 0 Å². The van der Waals surface area contributed by atoms with Crippen LogP contribution in [0, 0.1) is 11.8 Å². The van der Waals surface area contributed by atoms with Gasteiger partial charge in [0.1, 0.15) is 0 Å². The van der Waals surface area contributed by atoms with E-state index in [0.717, 1.165) is 12.0 Å². The Morgan fingerprint density at radius 2 is 1.94 bits per heavy atom. The molecule has 3 heteroatoms. The molecule has 1 aromatic carbocycles. The van der Waals surface area contributed by atoms with Crippen molar-refractivity contribution < 1.29 is 9.53 Å². The van der Waals surface area contributed by atoms with E-state index in [4.69, 9.17) is 10.5 Å². The Morgan fingerprint density at radius 3 is 2.56 bits per heavy atom.